The zero-order chi connectivity index (χ0) is 9.97. The predicted molar refractivity (Wildman–Crippen MR) is 54.0 cm³/mol. The largest absolute Gasteiger partial charge is 0.512 e. The lowest BCUT2D eigenvalue weighted by Crippen LogP contribution is -2.04. The van der Waals surface area contributed by atoms with Crippen molar-refractivity contribution in [3.63, 3.8) is 0 Å². The molecule has 2 nitrogen and oxygen atoms in total. The monoisotopic (exact) mass is 188 g/mol. The molecule has 0 saturated carbocycles. The van der Waals surface area contributed by atoms with E-state index >= 15 is 0 Å². The molecule has 1 N–H and O–H groups in total. The molecular weight excluding hydrogens is 176 g/mol. The summed E-state index contributed by atoms with van der Waals surface area (Å²) >= 11 is 0. The van der Waals surface area contributed by atoms with Gasteiger partial charge in [0.2, 0.25) is 0 Å². The molecular formula is C12H12O2. The van der Waals surface area contributed by atoms with Crippen LogP contribution < -0.4 is 0 Å². The fraction of sp³-hybridized carbons (Fsp3) is 0.250. The molecule has 1 aliphatic rings. The number of ketones is 1. The smallest absolute Gasteiger partial charge is 0.159 e. The first-order chi connectivity index (χ1) is 6.75. The first kappa shape index (κ1) is 9.00. The van der Waals surface area contributed by atoms with E-state index in [9.17, 15) is 9.90 Å². The number of aliphatic hydroxyl groups excluding tert-OH is 1. The summed E-state index contributed by atoms with van der Waals surface area (Å²) in [7, 11) is 0. The number of carbonyl (C=O) groups is 1. The van der Waals surface area contributed by atoms with E-state index in [1.807, 2.05) is 30.3 Å². The van der Waals surface area contributed by atoms with Gasteiger partial charge in [-0.2, -0.15) is 0 Å². The van der Waals surface area contributed by atoms with Crippen molar-refractivity contribution >= 4 is 5.78 Å². The van der Waals surface area contributed by atoms with Gasteiger partial charge in [0.15, 0.2) is 5.78 Å². The molecule has 1 aromatic carbocycles. The minimum atomic E-state index is -0.00935. The molecule has 0 spiro atoms. The lowest BCUT2D eigenvalue weighted by Gasteiger charge is -2.08. The van der Waals surface area contributed by atoms with Crippen molar-refractivity contribution in [2.24, 2.45) is 5.92 Å². The van der Waals surface area contributed by atoms with Gasteiger partial charge in [0, 0.05) is 18.4 Å². The molecule has 1 aromatic rings. The molecule has 72 valence electrons. The lowest BCUT2D eigenvalue weighted by atomic mass is 9.98. The maximum Gasteiger partial charge on any atom is 0.159 e. The number of carbonyl (C=O) groups excluding carboxylic acids is 1. The highest BCUT2D eigenvalue weighted by Crippen LogP contribution is 2.24. The Morgan fingerprint density at radius 1 is 1.29 bits per heavy atom. The molecule has 0 amide bonds. The van der Waals surface area contributed by atoms with E-state index in [2.05, 4.69) is 0 Å². The Labute approximate surface area is 82.9 Å². The standard InChI is InChI=1S/C12H12O2/c13-11-7-10(12(14)8-11)6-9-4-2-1-3-5-9/h1-5,8,10,14H,6-7H2. The van der Waals surface area contributed by atoms with E-state index in [4.69, 9.17) is 0 Å². The van der Waals surface area contributed by atoms with Gasteiger partial charge in [0.25, 0.3) is 0 Å². The number of allylic oxidation sites excluding steroid dienone is 2. The molecule has 0 aromatic heterocycles. The number of aliphatic hydroxyl groups is 1. The maximum absolute atomic E-state index is 11.0. The van der Waals surface area contributed by atoms with Gasteiger partial charge in [0.05, 0.1) is 5.76 Å². The van der Waals surface area contributed by atoms with Crippen LogP contribution in [0.25, 0.3) is 0 Å². The highest BCUT2D eigenvalue weighted by Gasteiger charge is 2.24. The van der Waals surface area contributed by atoms with Crippen molar-refractivity contribution in [3.05, 3.63) is 47.7 Å². The molecule has 14 heavy (non-hydrogen) atoms. The van der Waals surface area contributed by atoms with Gasteiger partial charge in [-0.3, -0.25) is 4.79 Å². The summed E-state index contributed by atoms with van der Waals surface area (Å²) < 4.78 is 0. The second kappa shape index (κ2) is 3.66. The second-order valence-corrected chi connectivity index (χ2v) is 3.63. The van der Waals surface area contributed by atoms with Crippen LogP contribution in [0.3, 0.4) is 0 Å². The molecule has 1 unspecified atom stereocenters. The van der Waals surface area contributed by atoms with Crippen molar-refractivity contribution in [2.75, 3.05) is 0 Å². The predicted octanol–water partition coefficient (Wildman–Crippen LogP) is 2.26. The molecule has 0 radical (unpaired) electrons. The summed E-state index contributed by atoms with van der Waals surface area (Å²) in [5, 5.41) is 9.46. The molecule has 1 atom stereocenters. The van der Waals surface area contributed by atoms with Gasteiger partial charge in [0.1, 0.15) is 0 Å². The van der Waals surface area contributed by atoms with E-state index in [1.54, 1.807) is 0 Å². The minimum Gasteiger partial charge on any atom is -0.512 e. The molecule has 0 bridgehead atoms. The van der Waals surface area contributed by atoms with E-state index in [0.29, 0.717) is 6.42 Å². The van der Waals surface area contributed by atoms with Crippen LogP contribution in [0.5, 0.6) is 0 Å². The van der Waals surface area contributed by atoms with Crippen LogP contribution in [-0.2, 0) is 11.2 Å². The van der Waals surface area contributed by atoms with Gasteiger partial charge in [-0.25, -0.2) is 0 Å². The van der Waals surface area contributed by atoms with Crippen molar-refractivity contribution in [1.29, 1.82) is 0 Å². The first-order valence-electron chi connectivity index (χ1n) is 4.73. The number of rotatable bonds is 2. The van der Waals surface area contributed by atoms with Crippen molar-refractivity contribution in [3.8, 4) is 0 Å². The summed E-state index contributed by atoms with van der Waals surface area (Å²) in [6, 6.07) is 9.91. The number of hydrogen-bond donors (Lipinski definition) is 1. The Balaban J connectivity index is 2.07. The summed E-state index contributed by atoms with van der Waals surface area (Å²) in [6.07, 6.45) is 2.53. The summed E-state index contributed by atoms with van der Waals surface area (Å²) in [5.41, 5.74) is 1.16. The van der Waals surface area contributed by atoms with Gasteiger partial charge < -0.3 is 5.11 Å². The third-order valence-electron chi connectivity index (χ3n) is 2.50. The van der Waals surface area contributed by atoms with Crippen LogP contribution in [0.15, 0.2) is 42.2 Å². The second-order valence-electron chi connectivity index (χ2n) is 3.63. The van der Waals surface area contributed by atoms with Gasteiger partial charge in [-0.1, -0.05) is 30.3 Å². The van der Waals surface area contributed by atoms with Crippen molar-refractivity contribution in [1.82, 2.24) is 0 Å². The zero-order valence-corrected chi connectivity index (χ0v) is 7.81. The lowest BCUT2D eigenvalue weighted by molar-refractivity contribution is -0.114. The summed E-state index contributed by atoms with van der Waals surface area (Å²) in [5.74, 6) is 0.257. The van der Waals surface area contributed by atoms with Crippen molar-refractivity contribution in [2.45, 2.75) is 12.8 Å². The third kappa shape index (κ3) is 1.84. The van der Waals surface area contributed by atoms with Crippen LogP contribution in [-0.4, -0.2) is 10.9 Å². The highest BCUT2D eigenvalue weighted by molar-refractivity contribution is 5.93. The molecule has 2 rings (SSSR count). The normalized spacial score (nSPS) is 21.0. The molecule has 0 heterocycles. The van der Waals surface area contributed by atoms with Crippen molar-refractivity contribution < 1.29 is 9.90 Å². The quantitative estimate of drug-likeness (QED) is 0.773. The van der Waals surface area contributed by atoms with Gasteiger partial charge in [-0.15, -0.1) is 0 Å². The van der Waals surface area contributed by atoms with E-state index in [-0.39, 0.29) is 17.5 Å². The van der Waals surface area contributed by atoms with E-state index < -0.39 is 0 Å². The molecule has 1 aliphatic carbocycles. The molecule has 0 aliphatic heterocycles. The average molecular weight is 188 g/mol. The molecule has 2 heteroatoms. The Hall–Kier alpha value is -1.57. The van der Waals surface area contributed by atoms with E-state index in [1.165, 1.54) is 6.08 Å². The molecule has 0 saturated heterocycles. The average Bonchev–Trinajstić information content (AvgIpc) is 2.47. The summed E-state index contributed by atoms with van der Waals surface area (Å²) in [6.45, 7) is 0. The van der Waals surface area contributed by atoms with Crippen LogP contribution in [0.2, 0.25) is 0 Å². The van der Waals surface area contributed by atoms with Gasteiger partial charge in [-0.05, 0) is 12.0 Å². The van der Waals surface area contributed by atoms with Crippen LogP contribution >= 0.6 is 0 Å². The Kier molecular flexibility index (Phi) is 2.35. The van der Waals surface area contributed by atoms with Crippen LogP contribution in [0, 0.1) is 5.92 Å². The van der Waals surface area contributed by atoms with Crippen LogP contribution in [0.1, 0.15) is 12.0 Å². The van der Waals surface area contributed by atoms with Crippen LogP contribution in [0.4, 0.5) is 0 Å². The highest BCUT2D eigenvalue weighted by atomic mass is 16.3. The number of benzene rings is 1. The SMILES string of the molecule is O=C1C=C(O)C(Cc2ccccc2)C1. The fourth-order valence-corrected chi connectivity index (χ4v) is 1.76. The Morgan fingerprint density at radius 2 is 2.00 bits per heavy atom. The third-order valence-corrected chi connectivity index (χ3v) is 2.50. The molecule has 0 fully saturated rings. The summed E-state index contributed by atoms with van der Waals surface area (Å²) in [4.78, 5) is 11.0. The number of hydrogen-bond acceptors (Lipinski definition) is 2. The maximum atomic E-state index is 11.0. The topological polar surface area (TPSA) is 37.3 Å². The zero-order valence-electron chi connectivity index (χ0n) is 7.81. The Bertz CT molecular complexity index is 365. The van der Waals surface area contributed by atoms with E-state index in [0.717, 1.165) is 12.0 Å². The Morgan fingerprint density at radius 3 is 2.57 bits per heavy atom. The van der Waals surface area contributed by atoms with Gasteiger partial charge >= 0.3 is 0 Å². The minimum absolute atomic E-state index is 0.00935. The first-order valence-corrected chi connectivity index (χ1v) is 4.73. The fourth-order valence-electron chi connectivity index (χ4n) is 1.76.